The van der Waals surface area contributed by atoms with Gasteiger partial charge in [0.05, 0.1) is 0 Å². The van der Waals surface area contributed by atoms with Crippen molar-refractivity contribution in [2.24, 2.45) is 0 Å². The molecule has 0 heterocycles. The number of hydrogen-bond donors (Lipinski definition) is 2. The fourth-order valence-electron chi connectivity index (χ4n) is 2.02. The summed E-state index contributed by atoms with van der Waals surface area (Å²) in [5.41, 5.74) is 0. The van der Waals surface area contributed by atoms with Gasteiger partial charge in [-0.1, -0.05) is 37.8 Å². The van der Waals surface area contributed by atoms with Gasteiger partial charge in [-0.25, -0.2) is 0 Å². The maximum Gasteiger partial charge on any atom is 0.303 e. The highest BCUT2D eigenvalue weighted by molar-refractivity contribution is 5.66. The third-order valence-corrected chi connectivity index (χ3v) is 3.19. The third kappa shape index (κ3) is 16.7. The van der Waals surface area contributed by atoms with E-state index in [1.165, 1.54) is 38.5 Å². The summed E-state index contributed by atoms with van der Waals surface area (Å²) in [4.78, 5) is 20.1. The van der Waals surface area contributed by atoms with E-state index in [0.29, 0.717) is 12.8 Å². The molecule has 4 nitrogen and oxygen atoms in total. The van der Waals surface area contributed by atoms with Crippen LogP contribution in [0.15, 0.2) is 12.2 Å². The van der Waals surface area contributed by atoms with Crippen LogP contribution >= 0.6 is 0 Å². The van der Waals surface area contributed by atoms with Gasteiger partial charge in [-0.15, -0.1) is 0 Å². The Morgan fingerprint density at radius 1 is 0.700 bits per heavy atom. The van der Waals surface area contributed by atoms with Crippen molar-refractivity contribution >= 4 is 11.9 Å². The lowest BCUT2D eigenvalue weighted by Gasteiger charge is -2.00. The molecule has 0 atom stereocenters. The van der Waals surface area contributed by atoms with Gasteiger partial charge in [-0.3, -0.25) is 9.59 Å². The summed E-state index contributed by atoms with van der Waals surface area (Å²) in [6, 6.07) is 0. The van der Waals surface area contributed by atoms with Crippen molar-refractivity contribution in [2.45, 2.75) is 77.0 Å². The molecular weight excluding hydrogens is 256 g/mol. The maximum atomic E-state index is 10.0. The number of unbranched alkanes of at least 4 members (excludes halogenated alkanes) is 3. The Labute approximate surface area is 121 Å². The molecular formula is C16H28O4. The molecule has 0 bridgehead atoms. The number of carbonyl (C=O) groups is 2. The summed E-state index contributed by atoms with van der Waals surface area (Å²) in [6.45, 7) is 0. The van der Waals surface area contributed by atoms with Crippen LogP contribution < -0.4 is 0 Å². The highest BCUT2D eigenvalue weighted by atomic mass is 16.4. The van der Waals surface area contributed by atoms with Gasteiger partial charge >= 0.3 is 11.9 Å². The molecule has 0 unspecified atom stereocenters. The molecule has 1 aliphatic carbocycles. The Morgan fingerprint density at radius 2 is 1.10 bits per heavy atom. The summed E-state index contributed by atoms with van der Waals surface area (Å²) in [5.74, 6) is -1.57. The SMILES string of the molecule is C1=CCCCCCC1.O=C(O)CCCCCCC(=O)O. The first-order valence-electron chi connectivity index (χ1n) is 7.71. The summed E-state index contributed by atoms with van der Waals surface area (Å²) in [5, 5.41) is 16.5. The van der Waals surface area contributed by atoms with Crippen LogP contribution in [-0.2, 0) is 9.59 Å². The van der Waals surface area contributed by atoms with E-state index in [1.54, 1.807) is 0 Å². The van der Waals surface area contributed by atoms with E-state index in [2.05, 4.69) is 12.2 Å². The second-order valence-electron chi connectivity index (χ2n) is 5.16. The molecule has 1 rings (SSSR count). The number of rotatable bonds is 7. The van der Waals surface area contributed by atoms with E-state index in [4.69, 9.17) is 10.2 Å². The zero-order valence-corrected chi connectivity index (χ0v) is 12.4. The predicted molar refractivity (Wildman–Crippen MR) is 79.8 cm³/mol. The molecule has 0 aromatic carbocycles. The molecule has 0 radical (unpaired) electrons. The minimum atomic E-state index is -0.784. The highest BCUT2D eigenvalue weighted by Crippen LogP contribution is 2.09. The van der Waals surface area contributed by atoms with Crippen LogP contribution in [-0.4, -0.2) is 22.2 Å². The lowest BCUT2D eigenvalue weighted by molar-refractivity contribution is -0.138. The van der Waals surface area contributed by atoms with E-state index in [-0.39, 0.29) is 12.8 Å². The van der Waals surface area contributed by atoms with Crippen molar-refractivity contribution in [1.82, 2.24) is 0 Å². The number of carboxylic acid groups (broad SMARTS) is 2. The molecule has 0 aromatic heterocycles. The minimum absolute atomic E-state index is 0.188. The van der Waals surface area contributed by atoms with Gasteiger partial charge in [0.2, 0.25) is 0 Å². The van der Waals surface area contributed by atoms with Crippen molar-refractivity contribution in [2.75, 3.05) is 0 Å². The van der Waals surface area contributed by atoms with Gasteiger partial charge in [0.1, 0.15) is 0 Å². The zero-order valence-electron chi connectivity index (χ0n) is 12.4. The molecule has 1 aliphatic rings. The quantitative estimate of drug-likeness (QED) is 0.537. The second kappa shape index (κ2) is 14.1. The van der Waals surface area contributed by atoms with Crippen LogP contribution in [0.1, 0.15) is 77.0 Å². The van der Waals surface area contributed by atoms with Crippen LogP contribution in [0, 0.1) is 0 Å². The van der Waals surface area contributed by atoms with Crippen LogP contribution in [0.2, 0.25) is 0 Å². The zero-order chi connectivity index (χ0) is 15.1. The number of hydrogen-bond acceptors (Lipinski definition) is 2. The Hall–Kier alpha value is -1.32. The van der Waals surface area contributed by atoms with Crippen molar-refractivity contribution < 1.29 is 19.8 Å². The predicted octanol–water partition coefficient (Wildman–Crippen LogP) is 4.39. The largest absolute Gasteiger partial charge is 0.481 e. The van der Waals surface area contributed by atoms with Gasteiger partial charge in [0.15, 0.2) is 0 Å². The first-order chi connectivity index (χ1) is 9.63. The number of carboxylic acids is 2. The molecule has 0 spiro atoms. The highest BCUT2D eigenvalue weighted by Gasteiger charge is 1.98. The Morgan fingerprint density at radius 3 is 1.45 bits per heavy atom. The van der Waals surface area contributed by atoms with Crippen LogP contribution in [0.4, 0.5) is 0 Å². The van der Waals surface area contributed by atoms with E-state index in [0.717, 1.165) is 12.8 Å². The van der Waals surface area contributed by atoms with Gasteiger partial charge in [-0.2, -0.15) is 0 Å². The Balaban J connectivity index is 0.000000388. The van der Waals surface area contributed by atoms with E-state index in [9.17, 15) is 9.59 Å². The van der Waals surface area contributed by atoms with Crippen LogP contribution in [0.3, 0.4) is 0 Å². The van der Waals surface area contributed by atoms with Gasteiger partial charge in [0, 0.05) is 12.8 Å². The smallest absolute Gasteiger partial charge is 0.303 e. The Bertz CT molecular complexity index is 256. The standard InChI is InChI=1S/C8H14O4.C8H14/c9-7(10)5-3-1-2-4-6-8(11)12;1-2-4-6-8-7-5-3-1/h1-6H2,(H,9,10)(H,11,12);1-2H,3-8H2. The minimum Gasteiger partial charge on any atom is -0.481 e. The first-order valence-corrected chi connectivity index (χ1v) is 7.71. The average Bonchev–Trinajstić information content (AvgIpc) is 2.33. The molecule has 0 saturated heterocycles. The van der Waals surface area contributed by atoms with Gasteiger partial charge < -0.3 is 10.2 Å². The monoisotopic (exact) mass is 284 g/mol. The molecule has 0 amide bonds. The lowest BCUT2D eigenvalue weighted by atomic mass is 10.1. The van der Waals surface area contributed by atoms with Crippen LogP contribution in [0.25, 0.3) is 0 Å². The summed E-state index contributed by atoms with van der Waals surface area (Å²) in [6.07, 6.45) is 16.3. The topological polar surface area (TPSA) is 74.6 Å². The maximum absolute atomic E-state index is 10.0. The van der Waals surface area contributed by atoms with E-state index in [1.807, 2.05) is 0 Å². The van der Waals surface area contributed by atoms with E-state index < -0.39 is 11.9 Å². The van der Waals surface area contributed by atoms with Crippen molar-refractivity contribution in [3.63, 3.8) is 0 Å². The molecule has 0 saturated carbocycles. The van der Waals surface area contributed by atoms with Gasteiger partial charge in [-0.05, 0) is 38.5 Å². The molecule has 2 N–H and O–H groups in total. The lowest BCUT2D eigenvalue weighted by Crippen LogP contribution is -1.95. The molecule has 20 heavy (non-hydrogen) atoms. The molecule has 116 valence electrons. The normalized spacial score (nSPS) is 14.6. The first kappa shape index (κ1) is 18.7. The van der Waals surface area contributed by atoms with Crippen molar-refractivity contribution in [3.05, 3.63) is 12.2 Å². The van der Waals surface area contributed by atoms with Crippen molar-refractivity contribution in [1.29, 1.82) is 0 Å². The fraction of sp³-hybridized carbons (Fsp3) is 0.750. The molecule has 0 fully saturated rings. The summed E-state index contributed by atoms with van der Waals surface area (Å²) >= 11 is 0. The Kier molecular flexibility index (Phi) is 13.2. The molecule has 0 aliphatic heterocycles. The molecule has 4 heteroatoms. The van der Waals surface area contributed by atoms with Crippen LogP contribution in [0.5, 0.6) is 0 Å². The van der Waals surface area contributed by atoms with E-state index >= 15 is 0 Å². The fourth-order valence-corrected chi connectivity index (χ4v) is 2.02. The molecule has 0 aromatic rings. The summed E-state index contributed by atoms with van der Waals surface area (Å²) in [7, 11) is 0. The summed E-state index contributed by atoms with van der Waals surface area (Å²) < 4.78 is 0. The average molecular weight is 284 g/mol. The second-order valence-corrected chi connectivity index (χ2v) is 5.16. The third-order valence-electron chi connectivity index (χ3n) is 3.19. The number of allylic oxidation sites excluding steroid dienone is 2. The van der Waals surface area contributed by atoms with Crippen molar-refractivity contribution in [3.8, 4) is 0 Å². The number of aliphatic carboxylic acids is 2. The van der Waals surface area contributed by atoms with Gasteiger partial charge in [0.25, 0.3) is 0 Å².